The van der Waals surface area contributed by atoms with Crippen LogP contribution < -0.4 is 9.47 Å². The number of fused-ring (bicyclic) bond motifs is 1. The molecule has 1 aliphatic rings. The summed E-state index contributed by atoms with van der Waals surface area (Å²) in [4.78, 5) is 15.0. The average molecular weight is 410 g/mol. The number of nitro benzene ring substituents is 1. The Balaban J connectivity index is 1.98. The molecule has 0 fully saturated rings. The van der Waals surface area contributed by atoms with E-state index in [2.05, 4.69) is 27.6 Å². The molecule has 0 aromatic heterocycles. The van der Waals surface area contributed by atoms with E-state index in [0.717, 1.165) is 14.8 Å². The Morgan fingerprint density at radius 2 is 2.00 bits per heavy atom. The van der Waals surface area contributed by atoms with Gasteiger partial charge in [0.25, 0.3) is 5.69 Å². The lowest BCUT2D eigenvalue weighted by Gasteiger charge is -2.01. The van der Waals surface area contributed by atoms with E-state index >= 15 is 0 Å². The number of hydrogen-bond acceptors (Lipinski definition) is 5. The van der Waals surface area contributed by atoms with Crippen LogP contribution in [0.15, 0.2) is 35.3 Å². The fourth-order valence-corrected chi connectivity index (χ4v) is 2.51. The van der Waals surface area contributed by atoms with Gasteiger partial charge in [0.1, 0.15) is 0 Å². The Kier molecular flexibility index (Phi) is 3.97. The summed E-state index contributed by atoms with van der Waals surface area (Å²) in [5.41, 5.74) is 2.22. The molecular formula is C15H11IN2O4. The molecule has 0 atom stereocenters. The van der Waals surface area contributed by atoms with Crippen molar-refractivity contribution in [2.75, 3.05) is 6.79 Å². The molecule has 0 radical (unpaired) electrons. The molecule has 0 saturated carbocycles. The number of aryl methyl sites for hydroxylation is 1. The standard InChI is InChI=1S/C15H11IN2O4/c1-9-2-3-11(5-12(9)16)17-7-10-4-14-15(22-8-21-14)6-13(10)18(19)20/h2-7H,8H2,1H3. The summed E-state index contributed by atoms with van der Waals surface area (Å²) >= 11 is 2.23. The van der Waals surface area contributed by atoms with Crippen LogP contribution in [0.25, 0.3) is 0 Å². The fraction of sp³-hybridized carbons (Fsp3) is 0.133. The summed E-state index contributed by atoms with van der Waals surface area (Å²) in [5, 5.41) is 11.2. The third kappa shape index (κ3) is 2.89. The first kappa shape index (κ1) is 14.8. The van der Waals surface area contributed by atoms with Gasteiger partial charge in [-0.25, -0.2) is 0 Å². The van der Waals surface area contributed by atoms with E-state index in [1.807, 2.05) is 25.1 Å². The van der Waals surface area contributed by atoms with Crippen molar-refractivity contribution < 1.29 is 14.4 Å². The molecule has 1 heterocycles. The van der Waals surface area contributed by atoms with Gasteiger partial charge in [-0.05, 0) is 53.3 Å². The predicted molar refractivity (Wildman–Crippen MR) is 90.4 cm³/mol. The Labute approximate surface area is 140 Å². The monoisotopic (exact) mass is 410 g/mol. The topological polar surface area (TPSA) is 74.0 Å². The van der Waals surface area contributed by atoms with Crippen molar-refractivity contribution in [1.82, 2.24) is 0 Å². The Bertz CT molecular complexity index is 789. The number of hydrogen-bond donors (Lipinski definition) is 0. The first-order valence-corrected chi connectivity index (χ1v) is 7.51. The van der Waals surface area contributed by atoms with Crippen molar-refractivity contribution >= 4 is 40.2 Å². The molecule has 2 aromatic rings. The molecule has 22 heavy (non-hydrogen) atoms. The highest BCUT2D eigenvalue weighted by molar-refractivity contribution is 14.1. The fourth-order valence-electron chi connectivity index (χ4n) is 2.01. The van der Waals surface area contributed by atoms with Crippen molar-refractivity contribution in [2.45, 2.75) is 6.92 Å². The van der Waals surface area contributed by atoms with Gasteiger partial charge in [0.2, 0.25) is 6.79 Å². The molecular weight excluding hydrogens is 399 g/mol. The summed E-state index contributed by atoms with van der Waals surface area (Å²) in [7, 11) is 0. The lowest BCUT2D eigenvalue weighted by molar-refractivity contribution is -0.385. The van der Waals surface area contributed by atoms with Crippen molar-refractivity contribution in [3.63, 3.8) is 0 Å². The summed E-state index contributed by atoms with van der Waals surface area (Å²) in [6.45, 7) is 2.08. The van der Waals surface area contributed by atoms with Crippen LogP contribution in [0, 0.1) is 20.6 Å². The van der Waals surface area contributed by atoms with Crippen LogP contribution in [0.4, 0.5) is 11.4 Å². The Morgan fingerprint density at radius 3 is 2.68 bits per heavy atom. The molecule has 0 saturated heterocycles. The number of ether oxygens (including phenoxy) is 2. The highest BCUT2D eigenvalue weighted by Gasteiger charge is 2.22. The van der Waals surface area contributed by atoms with E-state index in [4.69, 9.17) is 9.47 Å². The number of aliphatic imine (C=N–C) groups is 1. The lowest BCUT2D eigenvalue weighted by Crippen LogP contribution is -1.94. The van der Waals surface area contributed by atoms with Crippen molar-refractivity contribution in [2.24, 2.45) is 4.99 Å². The molecule has 0 unspecified atom stereocenters. The Hall–Kier alpha value is -2.16. The summed E-state index contributed by atoms with van der Waals surface area (Å²) < 4.78 is 11.5. The summed E-state index contributed by atoms with van der Waals surface area (Å²) in [6, 6.07) is 8.69. The van der Waals surface area contributed by atoms with Crippen LogP contribution in [0.5, 0.6) is 11.5 Å². The molecule has 0 amide bonds. The summed E-state index contributed by atoms with van der Waals surface area (Å²) in [5.74, 6) is 0.874. The second-order valence-corrected chi connectivity index (χ2v) is 5.88. The first-order valence-electron chi connectivity index (χ1n) is 6.43. The molecule has 2 aromatic carbocycles. The number of benzene rings is 2. The van der Waals surface area contributed by atoms with E-state index in [0.29, 0.717) is 17.1 Å². The van der Waals surface area contributed by atoms with E-state index < -0.39 is 4.92 Å². The van der Waals surface area contributed by atoms with Gasteiger partial charge in [0, 0.05) is 9.78 Å². The van der Waals surface area contributed by atoms with Crippen molar-refractivity contribution in [3.05, 3.63) is 55.1 Å². The smallest absolute Gasteiger partial charge is 0.282 e. The minimum Gasteiger partial charge on any atom is -0.454 e. The zero-order valence-electron chi connectivity index (χ0n) is 11.6. The quantitative estimate of drug-likeness (QED) is 0.332. The average Bonchev–Trinajstić information content (AvgIpc) is 2.94. The second kappa shape index (κ2) is 5.91. The van der Waals surface area contributed by atoms with Gasteiger partial charge in [-0.1, -0.05) is 6.07 Å². The zero-order valence-corrected chi connectivity index (χ0v) is 13.7. The minimum atomic E-state index is -0.456. The maximum atomic E-state index is 11.2. The highest BCUT2D eigenvalue weighted by Crippen LogP contribution is 2.37. The molecule has 3 rings (SSSR count). The van der Waals surface area contributed by atoms with Gasteiger partial charge in [0.05, 0.1) is 22.2 Å². The van der Waals surface area contributed by atoms with E-state index in [-0.39, 0.29) is 12.5 Å². The van der Waals surface area contributed by atoms with E-state index in [1.165, 1.54) is 12.3 Å². The molecule has 0 spiro atoms. The van der Waals surface area contributed by atoms with Crippen LogP contribution in [0.1, 0.15) is 11.1 Å². The van der Waals surface area contributed by atoms with Crippen LogP contribution in [-0.4, -0.2) is 17.9 Å². The van der Waals surface area contributed by atoms with Gasteiger partial charge in [-0.3, -0.25) is 15.1 Å². The first-order chi connectivity index (χ1) is 10.5. The summed E-state index contributed by atoms with van der Waals surface area (Å²) in [6.07, 6.45) is 1.47. The van der Waals surface area contributed by atoms with Gasteiger partial charge in [-0.15, -0.1) is 0 Å². The lowest BCUT2D eigenvalue weighted by atomic mass is 10.1. The number of nitrogens with zero attached hydrogens (tertiary/aromatic N) is 2. The Morgan fingerprint density at radius 1 is 1.27 bits per heavy atom. The normalized spacial score (nSPS) is 12.8. The molecule has 0 bridgehead atoms. The molecule has 0 aliphatic carbocycles. The van der Waals surface area contributed by atoms with Crippen LogP contribution in [0.2, 0.25) is 0 Å². The van der Waals surface area contributed by atoms with Gasteiger partial charge in [-0.2, -0.15) is 0 Å². The van der Waals surface area contributed by atoms with E-state index in [9.17, 15) is 10.1 Å². The van der Waals surface area contributed by atoms with E-state index in [1.54, 1.807) is 6.07 Å². The largest absolute Gasteiger partial charge is 0.454 e. The molecule has 112 valence electrons. The zero-order chi connectivity index (χ0) is 15.7. The van der Waals surface area contributed by atoms with Gasteiger partial charge >= 0.3 is 0 Å². The highest BCUT2D eigenvalue weighted by atomic mass is 127. The van der Waals surface area contributed by atoms with Crippen LogP contribution in [0.3, 0.4) is 0 Å². The molecule has 1 aliphatic heterocycles. The third-order valence-electron chi connectivity index (χ3n) is 3.23. The van der Waals surface area contributed by atoms with Gasteiger partial charge < -0.3 is 9.47 Å². The third-order valence-corrected chi connectivity index (χ3v) is 4.39. The number of halogens is 1. The molecule has 7 heteroatoms. The molecule has 6 nitrogen and oxygen atoms in total. The predicted octanol–water partition coefficient (Wildman–Crippen LogP) is 3.99. The van der Waals surface area contributed by atoms with Crippen molar-refractivity contribution in [3.8, 4) is 11.5 Å². The SMILES string of the molecule is Cc1ccc(N=Cc2cc3c(cc2[N+](=O)[O-])OCO3)cc1I. The van der Waals surface area contributed by atoms with Crippen molar-refractivity contribution in [1.29, 1.82) is 0 Å². The second-order valence-electron chi connectivity index (χ2n) is 4.71. The number of nitro groups is 1. The molecule has 0 N–H and O–H groups in total. The van der Waals surface area contributed by atoms with Crippen LogP contribution >= 0.6 is 22.6 Å². The maximum absolute atomic E-state index is 11.2. The minimum absolute atomic E-state index is 0.0604. The number of rotatable bonds is 3. The van der Waals surface area contributed by atoms with Gasteiger partial charge in [0.15, 0.2) is 11.5 Å². The maximum Gasteiger partial charge on any atom is 0.282 e. The van der Waals surface area contributed by atoms with Crippen LogP contribution in [-0.2, 0) is 0 Å².